The zero-order valence-corrected chi connectivity index (χ0v) is 26.7. The standard InChI is InChI=1S/C20H25NS.C16H21N3S/c1-13(19-9-17-4-2-3-5-18(17)22-19)21-20-10-14-6-15(11-20)8-16(7-14)12-20;1-10-2-12-3-11(1)5-16(4-10,6-12)17-7-15-18-13-8-20-9-14(13)19-15/h2-5,9,13-16,21H,6-8,10-12H2,1H3;8-12,17H,1-7H2,(H,18,19). The third kappa shape index (κ3) is 4.89. The molecule has 1 atom stereocenters. The second-order valence-electron chi connectivity index (χ2n) is 15.7. The molecule has 4 aromatic rings. The highest BCUT2D eigenvalue weighted by Crippen LogP contribution is 2.57. The molecule has 42 heavy (non-hydrogen) atoms. The molecule has 8 aliphatic rings. The van der Waals surface area contributed by atoms with Gasteiger partial charge in [0.05, 0.1) is 17.6 Å². The Morgan fingerprint density at radius 3 is 2.02 bits per heavy atom. The van der Waals surface area contributed by atoms with Crippen LogP contribution in [0.3, 0.4) is 0 Å². The minimum atomic E-state index is 0.439. The van der Waals surface area contributed by atoms with Crippen LogP contribution in [0.1, 0.15) is 101 Å². The normalized spacial score (nSPS) is 38.3. The van der Waals surface area contributed by atoms with Crippen LogP contribution in [0, 0.1) is 35.5 Å². The molecule has 1 unspecified atom stereocenters. The molecule has 0 saturated heterocycles. The Morgan fingerprint density at radius 2 is 1.43 bits per heavy atom. The summed E-state index contributed by atoms with van der Waals surface area (Å²) in [5, 5.41) is 13.7. The SMILES string of the molecule is CC(NC12CC3CC(CC(C3)C1)C2)c1cc2ccccc2s1.c1scc2[nH]c(CNC34CC5CC(CC(C5)C3)C4)nc12. The van der Waals surface area contributed by atoms with Gasteiger partial charge in [-0.3, -0.25) is 0 Å². The van der Waals surface area contributed by atoms with Gasteiger partial charge < -0.3 is 15.6 Å². The van der Waals surface area contributed by atoms with Gasteiger partial charge in [0.25, 0.3) is 0 Å². The lowest BCUT2D eigenvalue weighted by Gasteiger charge is -2.57. The molecule has 222 valence electrons. The summed E-state index contributed by atoms with van der Waals surface area (Å²) in [6.45, 7) is 3.29. The summed E-state index contributed by atoms with van der Waals surface area (Å²) in [7, 11) is 0. The lowest BCUT2D eigenvalue weighted by Crippen LogP contribution is -2.58. The quantitative estimate of drug-likeness (QED) is 0.207. The number of aromatic amines is 1. The first kappa shape index (κ1) is 26.7. The topological polar surface area (TPSA) is 52.7 Å². The molecule has 8 saturated carbocycles. The van der Waals surface area contributed by atoms with E-state index >= 15 is 0 Å². The Bertz CT molecular complexity index is 1440. The molecular weight excluding hydrogens is 553 g/mol. The van der Waals surface area contributed by atoms with Crippen molar-refractivity contribution >= 4 is 43.8 Å². The molecule has 8 bridgehead atoms. The van der Waals surface area contributed by atoms with Crippen molar-refractivity contribution in [1.29, 1.82) is 0 Å². The smallest absolute Gasteiger partial charge is 0.121 e. The van der Waals surface area contributed by atoms with E-state index in [1.807, 2.05) is 11.3 Å². The molecular formula is C36H46N4S2. The maximum absolute atomic E-state index is 4.68. The first-order valence-corrected chi connectivity index (χ1v) is 18.6. The summed E-state index contributed by atoms with van der Waals surface area (Å²) in [6, 6.07) is 11.7. The lowest BCUT2D eigenvalue weighted by atomic mass is 9.53. The fraction of sp³-hybridized carbons (Fsp3) is 0.639. The minimum Gasteiger partial charge on any atom is -0.340 e. The molecule has 6 heteroatoms. The van der Waals surface area contributed by atoms with Crippen LogP contribution >= 0.6 is 22.7 Å². The highest BCUT2D eigenvalue weighted by Gasteiger charge is 2.52. The molecule has 0 spiro atoms. The third-order valence-corrected chi connectivity index (χ3v) is 14.3. The zero-order chi connectivity index (χ0) is 27.9. The predicted octanol–water partition coefficient (Wildman–Crippen LogP) is 9.20. The Morgan fingerprint density at radius 1 is 0.833 bits per heavy atom. The number of aromatic nitrogens is 2. The van der Waals surface area contributed by atoms with Crippen LogP contribution in [-0.4, -0.2) is 21.0 Å². The van der Waals surface area contributed by atoms with Crippen LogP contribution in [0.5, 0.6) is 0 Å². The number of nitrogens with one attached hydrogen (secondary N) is 3. The van der Waals surface area contributed by atoms with E-state index in [1.165, 1.54) is 97.5 Å². The van der Waals surface area contributed by atoms with Gasteiger partial charge in [-0.25, -0.2) is 4.98 Å². The minimum absolute atomic E-state index is 0.439. The second kappa shape index (κ2) is 10.2. The summed E-state index contributed by atoms with van der Waals surface area (Å²) in [6.07, 6.45) is 17.7. The predicted molar refractivity (Wildman–Crippen MR) is 176 cm³/mol. The molecule has 0 radical (unpaired) electrons. The number of hydrogen-bond donors (Lipinski definition) is 3. The Labute approximate surface area is 258 Å². The highest BCUT2D eigenvalue weighted by molar-refractivity contribution is 7.19. The van der Waals surface area contributed by atoms with Gasteiger partial charge in [0.2, 0.25) is 0 Å². The molecule has 1 aromatic carbocycles. The Hall–Kier alpha value is -1.73. The van der Waals surface area contributed by atoms with E-state index in [0.717, 1.165) is 53.4 Å². The summed E-state index contributed by atoms with van der Waals surface area (Å²) >= 11 is 3.69. The number of imidazole rings is 1. The fourth-order valence-corrected chi connectivity index (χ4v) is 13.3. The Kier molecular flexibility index (Phi) is 6.44. The molecule has 12 rings (SSSR count). The maximum atomic E-state index is 4.68. The number of nitrogens with zero attached hydrogens (tertiary/aromatic N) is 1. The van der Waals surface area contributed by atoms with Gasteiger partial charge in [-0.2, -0.15) is 0 Å². The van der Waals surface area contributed by atoms with Crippen LogP contribution in [-0.2, 0) is 6.54 Å². The van der Waals surface area contributed by atoms with Gasteiger partial charge in [0.15, 0.2) is 0 Å². The summed E-state index contributed by atoms with van der Waals surface area (Å²) < 4.78 is 1.43. The number of thiophene rings is 2. The summed E-state index contributed by atoms with van der Waals surface area (Å²) in [4.78, 5) is 9.64. The van der Waals surface area contributed by atoms with E-state index in [9.17, 15) is 0 Å². The van der Waals surface area contributed by atoms with E-state index in [0.29, 0.717) is 17.1 Å². The highest BCUT2D eigenvalue weighted by atomic mass is 32.1. The van der Waals surface area contributed by atoms with Gasteiger partial charge in [-0.05, 0) is 137 Å². The van der Waals surface area contributed by atoms with E-state index in [1.54, 1.807) is 11.3 Å². The van der Waals surface area contributed by atoms with E-state index in [4.69, 9.17) is 0 Å². The van der Waals surface area contributed by atoms with Crippen molar-refractivity contribution in [3.63, 3.8) is 0 Å². The van der Waals surface area contributed by atoms with Gasteiger partial charge >= 0.3 is 0 Å². The van der Waals surface area contributed by atoms with Gasteiger partial charge in [0.1, 0.15) is 5.82 Å². The second-order valence-corrected chi connectivity index (χ2v) is 17.5. The molecule has 0 amide bonds. The van der Waals surface area contributed by atoms with Crippen LogP contribution in [0.4, 0.5) is 0 Å². The molecule has 3 heterocycles. The number of rotatable bonds is 6. The first-order valence-electron chi connectivity index (χ1n) is 16.9. The van der Waals surface area contributed by atoms with E-state index in [-0.39, 0.29) is 0 Å². The monoisotopic (exact) mass is 598 g/mol. The third-order valence-electron chi connectivity index (χ3n) is 12.3. The van der Waals surface area contributed by atoms with Crippen LogP contribution in [0.15, 0.2) is 41.1 Å². The number of hydrogen-bond acceptors (Lipinski definition) is 5. The van der Waals surface area contributed by atoms with Crippen molar-refractivity contribution in [2.24, 2.45) is 35.5 Å². The maximum Gasteiger partial charge on any atom is 0.121 e. The molecule has 4 nitrogen and oxygen atoms in total. The van der Waals surface area contributed by atoms with Crippen molar-refractivity contribution in [3.05, 3.63) is 51.8 Å². The average molecular weight is 599 g/mol. The van der Waals surface area contributed by atoms with E-state index < -0.39 is 0 Å². The van der Waals surface area contributed by atoms with Crippen molar-refractivity contribution in [3.8, 4) is 0 Å². The van der Waals surface area contributed by atoms with Gasteiger partial charge in [-0.1, -0.05) is 18.2 Å². The van der Waals surface area contributed by atoms with E-state index in [2.05, 4.69) is 68.6 Å². The lowest BCUT2D eigenvalue weighted by molar-refractivity contribution is -0.0243. The van der Waals surface area contributed by atoms with Crippen LogP contribution < -0.4 is 10.6 Å². The number of H-pyrrole nitrogens is 1. The first-order chi connectivity index (χ1) is 20.5. The number of fused-ring (bicyclic) bond motifs is 2. The Balaban J connectivity index is 0.000000120. The summed E-state index contributed by atoms with van der Waals surface area (Å²) in [5.74, 6) is 7.20. The molecule has 3 N–H and O–H groups in total. The van der Waals surface area contributed by atoms with Crippen LogP contribution in [0.2, 0.25) is 0 Å². The molecule has 8 fully saturated rings. The van der Waals surface area contributed by atoms with Crippen molar-refractivity contribution in [2.45, 2.75) is 108 Å². The zero-order valence-electron chi connectivity index (χ0n) is 25.0. The van der Waals surface area contributed by atoms with Crippen molar-refractivity contribution < 1.29 is 0 Å². The van der Waals surface area contributed by atoms with Crippen molar-refractivity contribution in [1.82, 2.24) is 20.6 Å². The molecule has 0 aliphatic heterocycles. The van der Waals surface area contributed by atoms with Gasteiger partial charge in [0, 0.05) is 37.5 Å². The molecule has 3 aromatic heterocycles. The summed E-state index contributed by atoms with van der Waals surface area (Å²) in [5.41, 5.74) is 3.22. The number of benzene rings is 1. The average Bonchev–Trinajstić information content (AvgIpc) is 3.66. The van der Waals surface area contributed by atoms with Crippen LogP contribution in [0.25, 0.3) is 21.1 Å². The largest absolute Gasteiger partial charge is 0.340 e. The van der Waals surface area contributed by atoms with Gasteiger partial charge in [-0.15, -0.1) is 22.7 Å². The molecule has 8 aliphatic carbocycles. The van der Waals surface area contributed by atoms with Crippen molar-refractivity contribution in [2.75, 3.05) is 0 Å². The fourth-order valence-electron chi connectivity index (χ4n) is 11.5.